The van der Waals surface area contributed by atoms with E-state index in [1.165, 1.54) is 0 Å². The largest absolute Gasteiger partial charge is 3.00 e. The summed E-state index contributed by atoms with van der Waals surface area (Å²) in [5.41, 5.74) is 0. The summed E-state index contributed by atoms with van der Waals surface area (Å²) >= 11 is 0. The second-order valence-corrected chi connectivity index (χ2v) is 7.87. The Morgan fingerprint density at radius 2 is 0.607 bits per heavy atom. The summed E-state index contributed by atoms with van der Waals surface area (Å²) in [5, 5.41) is 1.10. The molecule has 0 fully saturated rings. The summed E-state index contributed by atoms with van der Waals surface area (Å²) in [6, 6.07) is 24.9. The van der Waals surface area contributed by atoms with Crippen LogP contribution >= 0.6 is 24.1 Å². The van der Waals surface area contributed by atoms with Crippen molar-refractivity contribution in [2.45, 2.75) is 0 Å². The Morgan fingerprint density at radius 3 is 0.714 bits per heavy atom. The van der Waals surface area contributed by atoms with Crippen LogP contribution in [-0.4, -0.2) is 0 Å². The molecular weight excluding hydrogens is 549 g/mol. The number of hydrogen-bond acceptors (Lipinski definition) is 6. The van der Waals surface area contributed by atoms with Gasteiger partial charge in [-0.15, -0.1) is 0 Å². The van der Waals surface area contributed by atoms with Crippen LogP contribution in [0.1, 0.15) is 0 Å². The van der Waals surface area contributed by atoms with Gasteiger partial charge in [0.15, 0.2) is 15.9 Å². The molecule has 0 aliphatic rings. The van der Waals surface area contributed by atoms with Crippen LogP contribution in [0.5, 0.6) is 0 Å². The van der Waals surface area contributed by atoms with Crippen molar-refractivity contribution in [3.63, 3.8) is 0 Å². The molecule has 3 aromatic rings. The minimum atomic E-state index is -2.40. The molecule has 1 radical (unpaired) electrons. The van der Waals surface area contributed by atoms with E-state index in [4.69, 9.17) is 0 Å². The molecular formula is C18H15NdO6P3+3. The normalized spacial score (nSPS) is 10.6. The molecule has 0 heterocycles. The molecule has 10 heteroatoms. The van der Waals surface area contributed by atoms with Crippen LogP contribution in [0.4, 0.5) is 0 Å². The van der Waals surface area contributed by atoms with Gasteiger partial charge in [0.05, 0.1) is 0 Å². The summed E-state index contributed by atoms with van der Waals surface area (Å²) in [5.74, 6) is 0. The zero-order valence-electron chi connectivity index (χ0n) is 14.5. The van der Waals surface area contributed by atoms with Crippen LogP contribution < -0.4 is 30.6 Å². The van der Waals surface area contributed by atoms with Gasteiger partial charge >= 0.3 is 64.9 Å². The first-order chi connectivity index (χ1) is 12.9. The maximum atomic E-state index is 10.2. The van der Waals surface area contributed by atoms with Gasteiger partial charge in [-0.25, -0.2) is 0 Å². The third kappa shape index (κ3) is 11.9. The van der Waals surface area contributed by atoms with E-state index in [2.05, 4.69) is 0 Å². The first kappa shape index (κ1) is 27.2. The Morgan fingerprint density at radius 1 is 0.429 bits per heavy atom. The van der Waals surface area contributed by atoms with Crippen LogP contribution in [0.25, 0.3) is 0 Å². The molecule has 0 aliphatic carbocycles. The van der Waals surface area contributed by atoms with Gasteiger partial charge in [-0.1, -0.05) is 68.3 Å². The third-order valence-corrected chi connectivity index (χ3v) is 5.06. The first-order valence-electron chi connectivity index (χ1n) is 7.50. The van der Waals surface area contributed by atoms with Gasteiger partial charge in [0.1, 0.15) is 0 Å². The van der Waals surface area contributed by atoms with Gasteiger partial charge in [-0.3, -0.25) is 0 Å². The van der Waals surface area contributed by atoms with Crippen molar-refractivity contribution in [1.82, 2.24) is 0 Å². The number of benzene rings is 3. The van der Waals surface area contributed by atoms with Crippen molar-refractivity contribution in [1.29, 1.82) is 0 Å². The predicted molar refractivity (Wildman–Crippen MR) is 101 cm³/mol. The number of hydrogen-bond donors (Lipinski definition) is 0. The van der Waals surface area contributed by atoms with Crippen LogP contribution in [0.15, 0.2) is 91.0 Å². The molecule has 0 N–H and O–H groups in total. The van der Waals surface area contributed by atoms with Crippen LogP contribution in [0.3, 0.4) is 0 Å². The van der Waals surface area contributed by atoms with E-state index in [0.29, 0.717) is 15.9 Å². The van der Waals surface area contributed by atoms with E-state index < -0.39 is 24.1 Å². The van der Waals surface area contributed by atoms with Gasteiger partial charge in [0, 0.05) is 0 Å². The smallest absolute Gasteiger partial charge is 0.591 e. The van der Waals surface area contributed by atoms with Crippen molar-refractivity contribution in [3.05, 3.63) is 91.0 Å². The van der Waals surface area contributed by atoms with Crippen LogP contribution in [0.2, 0.25) is 0 Å². The second-order valence-electron chi connectivity index (χ2n) is 4.78. The fourth-order valence-corrected chi connectivity index (χ4v) is 2.90. The summed E-state index contributed by atoms with van der Waals surface area (Å²) in [4.78, 5) is 30.7. The second kappa shape index (κ2) is 16.0. The zero-order chi connectivity index (χ0) is 20.1. The minimum absolute atomic E-state index is 0. The average molecular weight is 564 g/mol. The minimum Gasteiger partial charge on any atom is -0.591 e. The molecule has 0 aliphatic heterocycles. The van der Waals surface area contributed by atoms with Gasteiger partial charge in [0.2, 0.25) is 0 Å². The molecule has 28 heavy (non-hydrogen) atoms. The third-order valence-electron chi connectivity index (χ3n) is 2.90. The van der Waals surface area contributed by atoms with Crippen molar-refractivity contribution < 1.29 is 69.2 Å². The zero-order valence-corrected chi connectivity index (χ0v) is 20.3. The van der Waals surface area contributed by atoms with E-state index >= 15 is 0 Å². The Kier molecular flexibility index (Phi) is 15.6. The summed E-state index contributed by atoms with van der Waals surface area (Å²) < 4.78 is 30.7. The molecule has 3 aromatic carbocycles. The molecule has 0 amide bonds. The molecule has 6 nitrogen and oxygen atoms in total. The van der Waals surface area contributed by atoms with Crippen molar-refractivity contribution >= 4 is 40.0 Å². The van der Waals surface area contributed by atoms with Crippen molar-refractivity contribution in [3.8, 4) is 0 Å². The van der Waals surface area contributed by atoms with E-state index in [1.54, 1.807) is 91.0 Å². The summed E-state index contributed by atoms with van der Waals surface area (Å²) in [6.07, 6.45) is 0. The molecule has 139 valence electrons. The van der Waals surface area contributed by atoms with Gasteiger partial charge in [-0.05, 0) is 36.4 Å². The Labute approximate surface area is 198 Å². The van der Waals surface area contributed by atoms with Crippen LogP contribution in [-0.2, 0) is 13.7 Å². The molecule has 0 spiro atoms. The monoisotopic (exact) mass is 562 g/mol. The van der Waals surface area contributed by atoms with E-state index in [9.17, 15) is 28.4 Å². The molecule has 3 atom stereocenters. The SMILES string of the molecule is O=[P+]([O-])c1ccccc1.O=[P+]([O-])c1ccccc1.O=[P+]([O-])c1ccccc1.[Nd+3]. The fraction of sp³-hybridized carbons (Fsp3) is 0. The Balaban J connectivity index is 0.000000384. The molecule has 0 saturated heterocycles. The van der Waals surface area contributed by atoms with Gasteiger partial charge in [0.25, 0.3) is 0 Å². The fourth-order valence-electron chi connectivity index (χ4n) is 1.65. The standard InChI is InChI=1S/3C6H5O2P.Nd/c3*7-9(8)6-4-2-1-3-5-6;/h3*1-5H;/q;;;+3. The molecule has 0 aromatic heterocycles. The maximum Gasteiger partial charge on any atom is 3.00 e. The summed E-state index contributed by atoms with van der Waals surface area (Å²) in [7, 11) is -7.19. The first-order valence-corrected chi connectivity index (χ1v) is 11.0. The van der Waals surface area contributed by atoms with Crippen molar-refractivity contribution in [2.24, 2.45) is 0 Å². The van der Waals surface area contributed by atoms with Crippen molar-refractivity contribution in [2.75, 3.05) is 0 Å². The predicted octanol–water partition coefficient (Wildman–Crippen LogP) is 1.24. The average Bonchev–Trinajstić information content (AvgIpc) is 2.71. The number of rotatable bonds is 3. The molecule has 3 rings (SSSR count). The topological polar surface area (TPSA) is 120 Å². The Bertz CT molecular complexity index is 747. The quantitative estimate of drug-likeness (QED) is 0.442. The molecule has 0 bridgehead atoms. The van der Waals surface area contributed by atoms with Gasteiger partial charge in [-0.2, -0.15) is 0 Å². The van der Waals surface area contributed by atoms with Crippen LogP contribution in [0, 0.1) is 40.8 Å². The molecule has 0 saturated carbocycles. The van der Waals surface area contributed by atoms with E-state index in [1.807, 2.05) is 0 Å². The molecule has 3 unspecified atom stereocenters. The Hall–Kier alpha value is -0.809. The summed E-state index contributed by atoms with van der Waals surface area (Å²) in [6.45, 7) is 0. The van der Waals surface area contributed by atoms with E-state index in [-0.39, 0.29) is 40.8 Å². The van der Waals surface area contributed by atoms with Gasteiger partial charge < -0.3 is 14.7 Å². The maximum absolute atomic E-state index is 10.2. The van der Waals surface area contributed by atoms with E-state index in [0.717, 1.165) is 0 Å².